The SMILES string of the molecule is CC(C)CO.COc1ccnc(C(=O)N[C@H]2COCC(Cc3ccccc3)CC(C)OC2=O)c1OC(=O)OC(C)C. The molecule has 11 nitrogen and oxygen atoms in total. The van der Waals surface area contributed by atoms with Crippen molar-refractivity contribution < 1.29 is 43.2 Å². The molecule has 1 amide bonds. The molecule has 1 fully saturated rings. The van der Waals surface area contributed by atoms with Crippen LogP contribution in [0.15, 0.2) is 42.6 Å². The summed E-state index contributed by atoms with van der Waals surface area (Å²) < 4.78 is 26.8. The third kappa shape index (κ3) is 11.7. The number of pyridine rings is 1. The highest BCUT2D eigenvalue weighted by Crippen LogP contribution is 2.30. The number of aliphatic hydroxyl groups is 1. The molecule has 1 saturated heterocycles. The lowest BCUT2D eigenvalue weighted by Crippen LogP contribution is -2.45. The number of aliphatic hydroxyl groups excluding tert-OH is 1. The van der Waals surface area contributed by atoms with Gasteiger partial charge in [0, 0.05) is 25.5 Å². The summed E-state index contributed by atoms with van der Waals surface area (Å²) in [7, 11) is 1.36. The van der Waals surface area contributed by atoms with Gasteiger partial charge in [-0.15, -0.1) is 0 Å². The quantitative estimate of drug-likeness (QED) is 0.445. The Balaban J connectivity index is 0.00000108. The number of carbonyl (C=O) groups is 3. The Morgan fingerprint density at radius 2 is 1.80 bits per heavy atom. The number of hydrogen-bond donors (Lipinski definition) is 2. The van der Waals surface area contributed by atoms with Crippen LogP contribution in [0.25, 0.3) is 0 Å². The number of aromatic nitrogens is 1. The summed E-state index contributed by atoms with van der Waals surface area (Å²) >= 11 is 0. The van der Waals surface area contributed by atoms with Crippen molar-refractivity contribution in [1.82, 2.24) is 10.3 Å². The fraction of sp³-hybridized carbons (Fsp3) is 0.533. The lowest BCUT2D eigenvalue weighted by Gasteiger charge is -2.20. The maximum Gasteiger partial charge on any atom is 0.514 e. The standard InChI is InChI=1S/C26H32N2O8.C4H10O/c1-16(2)34-26(31)36-23-21(32-4)10-11-27-22(23)24(29)28-20-15-33-14-19(12-17(3)35-25(20)30)13-18-8-6-5-7-9-18;1-4(2)3-5/h5-11,16-17,19-20H,12-15H2,1-4H3,(H,28,29);4-5H,3H2,1-2H3/t17?,19?,20-;/m0./s1. The van der Waals surface area contributed by atoms with Gasteiger partial charge in [0.05, 0.1) is 25.9 Å². The summed E-state index contributed by atoms with van der Waals surface area (Å²) in [5.41, 5.74) is 0.916. The van der Waals surface area contributed by atoms with E-state index in [-0.39, 0.29) is 35.8 Å². The minimum absolute atomic E-state index is 0.0852. The molecule has 2 heterocycles. The van der Waals surface area contributed by atoms with Gasteiger partial charge in [-0.05, 0) is 51.0 Å². The number of cyclic esters (lactones) is 1. The largest absolute Gasteiger partial charge is 0.514 e. The molecule has 2 unspecified atom stereocenters. The van der Waals surface area contributed by atoms with Crippen LogP contribution in [0.5, 0.6) is 11.5 Å². The van der Waals surface area contributed by atoms with Crippen LogP contribution in [0.4, 0.5) is 4.79 Å². The summed E-state index contributed by atoms with van der Waals surface area (Å²) in [4.78, 5) is 42.0. The molecule has 1 aromatic carbocycles. The lowest BCUT2D eigenvalue weighted by molar-refractivity contribution is -0.151. The molecule has 0 spiro atoms. The molecule has 11 heteroatoms. The van der Waals surface area contributed by atoms with Gasteiger partial charge in [-0.25, -0.2) is 14.6 Å². The molecule has 0 bridgehead atoms. The summed E-state index contributed by atoms with van der Waals surface area (Å²) in [6.07, 6.45) is 0.898. The van der Waals surface area contributed by atoms with Crippen LogP contribution >= 0.6 is 0 Å². The van der Waals surface area contributed by atoms with Crippen molar-refractivity contribution in [2.75, 3.05) is 26.9 Å². The predicted octanol–water partition coefficient (Wildman–Crippen LogP) is 3.96. The van der Waals surface area contributed by atoms with Crippen molar-refractivity contribution in [2.45, 2.75) is 65.7 Å². The molecule has 41 heavy (non-hydrogen) atoms. The fourth-order valence-electron chi connectivity index (χ4n) is 3.85. The molecule has 2 N–H and O–H groups in total. The van der Waals surface area contributed by atoms with Crippen LogP contribution < -0.4 is 14.8 Å². The topological polar surface area (TPSA) is 143 Å². The highest BCUT2D eigenvalue weighted by Gasteiger charge is 2.31. The van der Waals surface area contributed by atoms with Crippen LogP contribution in [0.3, 0.4) is 0 Å². The molecule has 1 aliphatic heterocycles. The second kappa shape index (κ2) is 17.2. The van der Waals surface area contributed by atoms with E-state index >= 15 is 0 Å². The average Bonchev–Trinajstić information content (AvgIpc) is 2.98. The fourth-order valence-corrected chi connectivity index (χ4v) is 3.85. The van der Waals surface area contributed by atoms with Crippen molar-refractivity contribution >= 4 is 18.0 Å². The summed E-state index contributed by atoms with van der Waals surface area (Å²) in [5, 5.41) is 10.7. The molecule has 226 valence electrons. The maximum atomic E-state index is 13.1. The van der Waals surface area contributed by atoms with Crippen LogP contribution in [0, 0.1) is 11.8 Å². The van der Waals surface area contributed by atoms with Gasteiger partial charge in [-0.3, -0.25) is 4.79 Å². The minimum Gasteiger partial charge on any atom is -0.493 e. The number of rotatable bonds is 8. The zero-order valence-corrected chi connectivity index (χ0v) is 24.6. The number of methoxy groups -OCH3 is 1. The number of nitrogens with one attached hydrogen (secondary N) is 1. The van der Waals surface area contributed by atoms with E-state index in [1.54, 1.807) is 13.8 Å². The van der Waals surface area contributed by atoms with Crippen LogP contribution in [0.2, 0.25) is 0 Å². The van der Waals surface area contributed by atoms with E-state index in [0.717, 1.165) is 6.42 Å². The van der Waals surface area contributed by atoms with Gasteiger partial charge in [-0.2, -0.15) is 0 Å². The Bertz CT molecular complexity index is 1110. The Morgan fingerprint density at radius 1 is 1.12 bits per heavy atom. The third-order valence-electron chi connectivity index (χ3n) is 5.76. The third-order valence-corrected chi connectivity index (χ3v) is 5.76. The van der Waals surface area contributed by atoms with Crippen LogP contribution in [-0.4, -0.2) is 73.3 Å². The highest BCUT2D eigenvalue weighted by atomic mass is 16.7. The predicted molar refractivity (Wildman–Crippen MR) is 151 cm³/mol. The number of esters is 1. The van der Waals surface area contributed by atoms with E-state index in [0.29, 0.717) is 25.6 Å². The van der Waals surface area contributed by atoms with Gasteiger partial charge in [0.25, 0.3) is 5.91 Å². The van der Waals surface area contributed by atoms with E-state index in [9.17, 15) is 14.4 Å². The number of ether oxygens (including phenoxy) is 5. The minimum atomic E-state index is -1.08. The van der Waals surface area contributed by atoms with Crippen molar-refractivity contribution in [1.29, 1.82) is 0 Å². The summed E-state index contributed by atoms with van der Waals surface area (Å²) in [6.45, 7) is 9.69. The zero-order valence-electron chi connectivity index (χ0n) is 24.6. The van der Waals surface area contributed by atoms with Crippen molar-refractivity contribution in [3.63, 3.8) is 0 Å². The number of amides is 1. The number of hydrogen-bond acceptors (Lipinski definition) is 10. The molecule has 0 radical (unpaired) electrons. The lowest BCUT2D eigenvalue weighted by atomic mass is 9.95. The smallest absolute Gasteiger partial charge is 0.493 e. The molecule has 1 aromatic heterocycles. The zero-order chi connectivity index (χ0) is 30.4. The van der Waals surface area contributed by atoms with Gasteiger partial charge < -0.3 is 34.1 Å². The molecule has 0 aliphatic carbocycles. The Kier molecular flexibility index (Phi) is 14.0. The van der Waals surface area contributed by atoms with Gasteiger partial charge in [0.2, 0.25) is 5.75 Å². The Morgan fingerprint density at radius 3 is 2.41 bits per heavy atom. The van der Waals surface area contributed by atoms with Crippen molar-refractivity contribution in [3.8, 4) is 11.5 Å². The molecular weight excluding hydrogens is 532 g/mol. The first-order chi connectivity index (χ1) is 19.5. The van der Waals surface area contributed by atoms with Gasteiger partial charge >= 0.3 is 12.1 Å². The number of nitrogens with zero attached hydrogens (tertiary/aromatic N) is 1. The number of benzene rings is 1. The average molecular weight is 575 g/mol. The normalized spacial score (nSPS) is 19.0. The Labute approximate surface area is 241 Å². The van der Waals surface area contributed by atoms with Crippen LogP contribution in [0.1, 0.15) is 57.1 Å². The maximum absolute atomic E-state index is 13.1. The molecule has 2 aromatic rings. The number of carbonyl (C=O) groups excluding carboxylic acids is 3. The van der Waals surface area contributed by atoms with Crippen molar-refractivity contribution in [2.24, 2.45) is 11.8 Å². The monoisotopic (exact) mass is 574 g/mol. The molecular formula is C30H42N2O9. The van der Waals surface area contributed by atoms with Crippen molar-refractivity contribution in [3.05, 3.63) is 53.9 Å². The first-order valence-electron chi connectivity index (χ1n) is 13.7. The highest BCUT2D eigenvalue weighted by molar-refractivity contribution is 5.98. The van der Waals surface area contributed by atoms with Gasteiger partial charge in [0.15, 0.2) is 17.5 Å². The van der Waals surface area contributed by atoms with Crippen LogP contribution in [-0.2, 0) is 25.4 Å². The first kappa shape index (κ1) is 33.5. The van der Waals surface area contributed by atoms with Gasteiger partial charge in [-0.1, -0.05) is 44.2 Å². The van der Waals surface area contributed by atoms with E-state index in [1.807, 2.05) is 51.1 Å². The van der Waals surface area contributed by atoms with Gasteiger partial charge in [0.1, 0.15) is 0 Å². The molecule has 3 rings (SSSR count). The van der Waals surface area contributed by atoms with E-state index in [1.165, 1.54) is 24.9 Å². The molecule has 3 atom stereocenters. The van der Waals surface area contributed by atoms with E-state index < -0.39 is 30.2 Å². The van der Waals surface area contributed by atoms with E-state index in [2.05, 4.69) is 10.3 Å². The second-order valence-electron chi connectivity index (χ2n) is 10.4. The van der Waals surface area contributed by atoms with E-state index in [4.69, 9.17) is 28.8 Å². The second-order valence-corrected chi connectivity index (χ2v) is 10.4. The molecule has 0 saturated carbocycles. The Hall–Kier alpha value is -3.70. The molecule has 1 aliphatic rings. The summed E-state index contributed by atoms with van der Waals surface area (Å²) in [6, 6.07) is 10.4. The summed E-state index contributed by atoms with van der Waals surface area (Å²) in [5.74, 6) is -0.940. The first-order valence-corrected chi connectivity index (χ1v) is 13.7.